The average molecular weight is 366 g/mol. The molecule has 0 radical (unpaired) electrons. The monoisotopic (exact) mass is 365 g/mol. The Morgan fingerprint density at radius 2 is 1.62 bits per heavy atom. The summed E-state index contributed by atoms with van der Waals surface area (Å²) >= 11 is 0. The fraction of sp³-hybridized carbons (Fsp3) is 0.826. The van der Waals surface area contributed by atoms with E-state index in [1.54, 1.807) is 0 Å². The van der Waals surface area contributed by atoms with E-state index in [1.165, 1.54) is 77.1 Å². The molecule has 154 valence electrons. The highest BCUT2D eigenvalue weighted by atomic mass is 15.5. The summed E-state index contributed by atoms with van der Waals surface area (Å²) in [6, 6.07) is 0. The van der Waals surface area contributed by atoms with Crippen molar-refractivity contribution in [2.24, 2.45) is 17.8 Å². The van der Waals surface area contributed by atoms with Gasteiger partial charge in [-0.05, 0) is 70.5 Å². The number of nitrogens with one attached hydrogen (secondary N) is 1. The molecule has 1 saturated carbocycles. The molecule has 1 unspecified atom stereocenters. The molecule has 2 saturated heterocycles. The van der Waals surface area contributed by atoms with Gasteiger partial charge in [-0.25, -0.2) is 0 Å². The van der Waals surface area contributed by atoms with Gasteiger partial charge in [0.2, 0.25) is 0 Å². The second-order valence-electron chi connectivity index (χ2n) is 7.98. The van der Waals surface area contributed by atoms with Crippen molar-refractivity contribution in [3.63, 3.8) is 0 Å². The van der Waals surface area contributed by atoms with Gasteiger partial charge >= 0.3 is 0 Å². The molecule has 26 heavy (non-hydrogen) atoms. The lowest BCUT2D eigenvalue weighted by atomic mass is 9.80. The zero-order valence-electron chi connectivity index (χ0n) is 18.5. The molecule has 1 atom stereocenters. The molecular weight excluding hydrogens is 318 g/mol. The normalized spacial score (nSPS) is 28.3. The molecule has 0 spiro atoms. The van der Waals surface area contributed by atoms with E-state index in [0.717, 1.165) is 17.8 Å². The molecule has 0 bridgehead atoms. The van der Waals surface area contributed by atoms with Crippen molar-refractivity contribution in [3.8, 4) is 0 Å². The fourth-order valence-electron chi connectivity index (χ4n) is 3.86. The highest BCUT2D eigenvalue weighted by Gasteiger charge is 2.21. The van der Waals surface area contributed by atoms with E-state index in [1.807, 2.05) is 13.8 Å². The van der Waals surface area contributed by atoms with Crippen molar-refractivity contribution in [2.45, 2.75) is 66.2 Å². The van der Waals surface area contributed by atoms with Crippen LogP contribution in [0.2, 0.25) is 0 Å². The summed E-state index contributed by atoms with van der Waals surface area (Å²) in [7, 11) is 2.17. The van der Waals surface area contributed by atoms with Gasteiger partial charge in [-0.2, -0.15) is 0 Å². The fourth-order valence-corrected chi connectivity index (χ4v) is 3.86. The predicted molar refractivity (Wildman–Crippen MR) is 118 cm³/mol. The third kappa shape index (κ3) is 10.5. The molecular formula is C23H47N3. The van der Waals surface area contributed by atoms with Crippen LogP contribution in [0.5, 0.6) is 0 Å². The van der Waals surface area contributed by atoms with E-state index in [-0.39, 0.29) is 0 Å². The summed E-state index contributed by atoms with van der Waals surface area (Å²) < 4.78 is 0. The minimum Gasteiger partial charge on any atom is -0.316 e. The molecule has 1 N–H and O–H groups in total. The Morgan fingerprint density at radius 3 is 2.04 bits per heavy atom. The minimum absolute atomic E-state index is 0.844. The zero-order valence-corrected chi connectivity index (χ0v) is 18.5. The van der Waals surface area contributed by atoms with E-state index >= 15 is 0 Å². The van der Waals surface area contributed by atoms with Crippen molar-refractivity contribution in [2.75, 3.05) is 40.0 Å². The summed E-state index contributed by atoms with van der Waals surface area (Å²) in [4.78, 5) is 4.85. The van der Waals surface area contributed by atoms with Crippen LogP contribution in [0, 0.1) is 17.8 Å². The Hall–Kier alpha value is -0.640. The molecule has 2 aliphatic heterocycles. The molecule has 0 aromatic heterocycles. The van der Waals surface area contributed by atoms with Crippen molar-refractivity contribution in [1.29, 1.82) is 0 Å². The third-order valence-corrected chi connectivity index (χ3v) is 5.61. The molecule has 2 heterocycles. The summed E-state index contributed by atoms with van der Waals surface area (Å²) in [5.74, 6) is 2.77. The first-order chi connectivity index (χ1) is 12.5. The van der Waals surface area contributed by atoms with Crippen molar-refractivity contribution < 1.29 is 0 Å². The van der Waals surface area contributed by atoms with Gasteiger partial charge in [-0.15, -0.1) is 13.2 Å². The van der Waals surface area contributed by atoms with Crippen LogP contribution in [0.15, 0.2) is 25.3 Å². The topological polar surface area (TPSA) is 18.5 Å². The average Bonchev–Trinajstić information content (AvgIpc) is 3.16. The minimum atomic E-state index is 0.844. The number of hydrogen-bond donors (Lipinski definition) is 1. The Kier molecular flexibility index (Phi) is 15.0. The van der Waals surface area contributed by atoms with E-state index in [0.29, 0.717) is 0 Å². The summed E-state index contributed by atoms with van der Waals surface area (Å²) in [6.45, 7) is 24.7. The SMILES string of the molecule is C=C.C=C(C)C1CCC(C)CC1.CC.CN1CN(CCC2CCNC2)C1. The van der Waals surface area contributed by atoms with Crippen LogP contribution >= 0.6 is 0 Å². The first-order valence-electron chi connectivity index (χ1n) is 10.8. The van der Waals surface area contributed by atoms with Crippen molar-refractivity contribution in [1.82, 2.24) is 15.1 Å². The lowest BCUT2D eigenvalue weighted by Gasteiger charge is -2.40. The Labute approximate surface area is 164 Å². The van der Waals surface area contributed by atoms with Gasteiger partial charge < -0.3 is 5.32 Å². The molecule has 1 aliphatic carbocycles. The van der Waals surface area contributed by atoms with Gasteiger partial charge in [0.05, 0.1) is 13.3 Å². The third-order valence-electron chi connectivity index (χ3n) is 5.61. The molecule has 3 nitrogen and oxygen atoms in total. The van der Waals surface area contributed by atoms with Gasteiger partial charge in [0.15, 0.2) is 0 Å². The maximum absolute atomic E-state index is 4.00. The predicted octanol–water partition coefficient (Wildman–Crippen LogP) is 5.37. The van der Waals surface area contributed by atoms with Gasteiger partial charge in [-0.1, -0.05) is 45.8 Å². The molecule has 0 aromatic carbocycles. The van der Waals surface area contributed by atoms with Gasteiger partial charge in [0.1, 0.15) is 0 Å². The van der Waals surface area contributed by atoms with Crippen LogP contribution in [0.1, 0.15) is 66.2 Å². The molecule has 0 amide bonds. The van der Waals surface area contributed by atoms with E-state index in [2.05, 4.69) is 55.7 Å². The smallest absolute Gasteiger partial charge is 0.0526 e. The summed E-state index contributed by atoms with van der Waals surface area (Å²) in [5.41, 5.74) is 1.40. The number of hydrogen-bond acceptors (Lipinski definition) is 3. The van der Waals surface area contributed by atoms with E-state index < -0.39 is 0 Å². The summed E-state index contributed by atoms with van der Waals surface area (Å²) in [6.07, 6.45) is 8.38. The summed E-state index contributed by atoms with van der Waals surface area (Å²) in [5, 5.41) is 3.41. The van der Waals surface area contributed by atoms with E-state index in [4.69, 9.17) is 0 Å². The zero-order chi connectivity index (χ0) is 19.9. The molecule has 3 rings (SSSR count). The highest BCUT2D eigenvalue weighted by molar-refractivity contribution is 4.97. The maximum Gasteiger partial charge on any atom is 0.0526 e. The Balaban J connectivity index is 0.000000409. The number of allylic oxidation sites excluding steroid dienone is 1. The van der Waals surface area contributed by atoms with Crippen LogP contribution < -0.4 is 5.32 Å². The number of nitrogens with zero attached hydrogens (tertiary/aromatic N) is 2. The molecule has 3 fully saturated rings. The quantitative estimate of drug-likeness (QED) is 0.676. The maximum atomic E-state index is 4.00. The largest absolute Gasteiger partial charge is 0.316 e. The van der Waals surface area contributed by atoms with Gasteiger partial charge in [-0.3, -0.25) is 9.80 Å². The van der Waals surface area contributed by atoms with Crippen molar-refractivity contribution >= 4 is 0 Å². The highest BCUT2D eigenvalue weighted by Crippen LogP contribution is 2.31. The Bertz CT molecular complexity index is 335. The van der Waals surface area contributed by atoms with E-state index in [9.17, 15) is 0 Å². The number of rotatable bonds is 4. The lowest BCUT2D eigenvalue weighted by Crippen LogP contribution is -2.53. The molecule has 3 aliphatic rings. The van der Waals surface area contributed by atoms with Crippen LogP contribution in [0.3, 0.4) is 0 Å². The van der Waals surface area contributed by atoms with Gasteiger partial charge in [0.25, 0.3) is 0 Å². The second-order valence-corrected chi connectivity index (χ2v) is 7.98. The Morgan fingerprint density at radius 1 is 1.04 bits per heavy atom. The molecule has 3 heteroatoms. The lowest BCUT2D eigenvalue weighted by molar-refractivity contribution is -0.0116. The second kappa shape index (κ2) is 15.4. The first-order valence-corrected chi connectivity index (χ1v) is 10.8. The van der Waals surface area contributed by atoms with Crippen molar-refractivity contribution in [3.05, 3.63) is 25.3 Å². The van der Waals surface area contributed by atoms with Gasteiger partial charge in [0, 0.05) is 6.54 Å². The molecule has 0 aromatic rings. The van der Waals surface area contributed by atoms with Crippen LogP contribution in [0.4, 0.5) is 0 Å². The van der Waals surface area contributed by atoms with Crippen LogP contribution in [-0.4, -0.2) is 49.8 Å². The van der Waals surface area contributed by atoms with Crippen LogP contribution in [-0.2, 0) is 0 Å². The standard InChI is InChI=1S/C10H18.C9H19N3.C2H6.C2H4/c1-8(2)10-6-4-9(3)5-7-10;1-11-7-12(8-11)5-3-9-2-4-10-6-9;2*1-2/h9-10H,1,4-7H2,2-3H3;9-10H,2-8H2,1H3;1-2H3;1-2H2. The van der Waals surface area contributed by atoms with Crippen LogP contribution in [0.25, 0.3) is 0 Å². The first kappa shape index (κ1) is 25.4.